The van der Waals surface area contributed by atoms with Crippen molar-refractivity contribution in [3.05, 3.63) is 46.4 Å². The summed E-state index contributed by atoms with van der Waals surface area (Å²) in [5, 5.41) is 2.72. The highest BCUT2D eigenvalue weighted by Crippen LogP contribution is 2.37. The Labute approximate surface area is 188 Å². The number of esters is 1. The number of hydrogen-bond donors (Lipinski definition) is 1. The molecule has 164 valence electrons. The monoisotopic (exact) mass is 490 g/mol. The standard InChI is InChI=1S/C22H23BrN2O6/c1-4-9-30-20-15(23)10-14(11-18(20)29-3)22(28)31-13(2)21(27)25-12-19(26)24-16-7-5-6-8-17(16)25/h5-8,10-11,13H,4,9,12H2,1-3H3,(H,24,26). The van der Waals surface area contributed by atoms with Gasteiger partial charge in [0.2, 0.25) is 5.91 Å². The molecular formula is C22H23BrN2O6. The summed E-state index contributed by atoms with van der Waals surface area (Å²) < 4.78 is 16.9. The Morgan fingerprint density at radius 3 is 2.71 bits per heavy atom. The van der Waals surface area contributed by atoms with Crippen LogP contribution in [0.5, 0.6) is 11.5 Å². The molecule has 2 amide bonds. The van der Waals surface area contributed by atoms with Gasteiger partial charge in [0, 0.05) is 0 Å². The number of para-hydroxylation sites is 2. The molecule has 3 rings (SSSR count). The molecule has 0 aliphatic carbocycles. The quantitative estimate of drug-likeness (QED) is 0.593. The third kappa shape index (κ3) is 4.99. The lowest BCUT2D eigenvalue weighted by Crippen LogP contribution is -2.47. The second-order valence-electron chi connectivity index (χ2n) is 6.88. The van der Waals surface area contributed by atoms with Crippen LogP contribution in [0.15, 0.2) is 40.9 Å². The van der Waals surface area contributed by atoms with Crippen molar-refractivity contribution in [1.82, 2.24) is 0 Å². The lowest BCUT2D eigenvalue weighted by Gasteiger charge is -2.30. The summed E-state index contributed by atoms with van der Waals surface area (Å²) in [7, 11) is 1.47. The van der Waals surface area contributed by atoms with E-state index in [0.29, 0.717) is 34.0 Å². The molecule has 31 heavy (non-hydrogen) atoms. The van der Waals surface area contributed by atoms with Gasteiger partial charge in [-0.2, -0.15) is 0 Å². The second kappa shape index (κ2) is 9.82. The van der Waals surface area contributed by atoms with E-state index in [1.165, 1.54) is 25.0 Å². The highest BCUT2D eigenvalue weighted by atomic mass is 79.9. The lowest BCUT2D eigenvalue weighted by atomic mass is 10.1. The topological polar surface area (TPSA) is 94.2 Å². The summed E-state index contributed by atoms with van der Waals surface area (Å²) in [5.41, 5.74) is 1.28. The van der Waals surface area contributed by atoms with Gasteiger partial charge in [0.25, 0.3) is 5.91 Å². The van der Waals surface area contributed by atoms with Crippen LogP contribution in [-0.4, -0.2) is 44.1 Å². The van der Waals surface area contributed by atoms with Crippen LogP contribution in [0.1, 0.15) is 30.6 Å². The summed E-state index contributed by atoms with van der Waals surface area (Å²) in [6.45, 7) is 3.80. The number of carbonyl (C=O) groups excluding carboxylic acids is 3. The molecule has 1 aliphatic heterocycles. The average molecular weight is 491 g/mol. The van der Waals surface area contributed by atoms with E-state index in [9.17, 15) is 14.4 Å². The lowest BCUT2D eigenvalue weighted by molar-refractivity contribution is -0.128. The van der Waals surface area contributed by atoms with Gasteiger partial charge in [-0.15, -0.1) is 0 Å². The van der Waals surface area contributed by atoms with E-state index < -0.39 is 18.0 Å². The zero-order chi connectivity index (χ0) is 22.5. The Hall–Kier alpha value is -3.07. The number of nitrogens with zero attached hydrogens (tertiary/aromatic N) is 1. The van der Waals surface area contributed by atoms with E-state index in [-0.39, 0.29) is 18.0 Å². The number of nitrogens with one attached hydrogen (secondary N) is 1. The molecule has 8 nitrogen and oxygen atoms in total. The van der Waals surface area contributed by atoms with Crippen LogP contribution < -0.4 is 19.7 Å². The zero-order valence-corrected chi connectivity index (χ0v) is 19.0. The van der Waals surface area contributed by atoms with Gasteiger partial charge in [-0.25, -0.2) is 4.79 Å². The minimum atomic E-state index is -1.10. The Morgan fingerprint density at radius 2 is 2.00 bits per heavy atom. The maximum atomic E-state index is 13.0. The summed E-state index contributed by atoms with van der Waals surface area (Å²) in [6, 6.07) is 10.00. The first kappa shape index (κ1) is 22.6. The summed E-state index contributed by atoms with van der Waals surface area (Å²) in [5.74, 6) is -0.653. The van der Waals surface area contributed by atoms with Crippen LogP contribution in [0.2, 0.25) is 0 Å². The zero-order valence-electron chi connectivity index (χ0n) is 17.4. The smallest absolute Gasteiger partial charge is 0.339 e. The molecule has 1 heterocycles. The molecule has 2 aromatic carbocycles. The first-order valence-corrected chi connectivity index (χ1v) is 10.6. The van der Waals surface area contributed by atoms with Crippen molar-refractivity contribution < 1.29 is 28.6 Å². The maximum absolute atomic E-state index is 13.0. The second-order valence-corrected chi connectivity index (χ2v) is 7.73. The third-order valence-corrected chi connectivity index (χ3v) is 5.17. The molecule has 0 fully saturated rings. The number of carbonyl (C=O) groups is 3. The average Bonchev–Trinajstić information content (AvgIpc) is 2.76. The molecular weight excluding hydrogens is 468 g/mol. The number of fused-ring (bicyclic) bond motifs is 1. The molecule has 9 heteroatoms. The van der Waals surface area contributed by atoms with E-state index in [0.717, 1.165) is 6.42 Å². The van der Waals surface area contributed by atoms with Crippen molar-refractivity contribution in [2.24, 2.45) is 0 Å². The number of rotatable bonds is 7. The van der Waals surface area contributed by atoms with E-state index in [1.54, 1.807) is 30.3 Å². The predicted octanol–water partition coefficient (Wildman–Crippen LogP) is 3.78. The van der Waals surface area contributed by atoms with Crippen LogP contribution >= 0.6 is 15.9 Å². The number of ether oxygens (including phenoxy) is 3. The fourth-order valence-corrected chi connectivity index (χ4v) is 3.67. The molecule has 0 aromatic heterocycles. The van der Waals surface area contributed by atoms with Gasteiger partial charge < -0.3 is 19.5 Å². The van der Waals surface area contributed by atoms with Gasteiger partial charge in [-0.05, 0) is 53.5 Å². The number of anilines is 2. The summed E-state index contributed by atoms with van der Waals surface area (Å²) in [4.78, 5) is 38.9. The summed E-state index contributed by atoms with van der Waals surface area (Å²) >= 11 is 3.39. The molecule has 0 saturated heterocycles. The number of halogens is 1. The van der Waals surface area contributed by atoms with E-state index in [1.807, 2.05) is 6.92 Å². The predicted molar refractivity (Wildman–Crippen MR) is 119 cm³/mol. The fraction of sp³-hybridized carbons (Fsp3) is 0.318. The Morgan fingerprint density at radius 1 is 1.26 bits per heavy atom. The van der Waals surface area contributed by atoms with Gasteiger partial charge in [0.15, 0.2) is 17.6 Å². The third-order valence-electron chi connectivity index (χ3n) is 4.58. The summed E-state index contributed by atoms with van der Waals surface area (Å²) in [6.07, 6.45) is -0.288. The number of amides is 2. The van der Waals surface area contributed by atoms with E-state index in [2.05, 4.69) is 21.2 Å². The van der Waals surface area contributed by atoms with Crippen LogP contribution in [0.3, 0.4) is 0 Å². The van der Waals surface area contributed by atoms with Crippen LogP contribution in [0.4, 0.5) is 11.4 Å². The molecule has 1 aliphatic rings. The highest BCUT2D eigenvalue weighted by molar-refractivity contribution is 9.10. The minimum Gasteiger partial charge on any atom is -0.493 e. The van der Waals surface area contributed by atoms with Gasteiger partial charge >= 0.3 is 5.97 Å². The van der Waals surface area contributed by atoms with Crippen LogP contribution in [0, 0.1) is 0 Å². The van der Waals surface area contributed by atoms with Crippen molar-refractivity contribution >= 4 is 45.1 Å². The van der Waals surface area contributed by atoms with Crippen molar-refractivity contribution in [3.63, 3.8) is 0 Å². The highest BCUT2D eigenvalue weighted by Gasteiger charge is 2.31. The number of methoxy groups -OCH3 is 1. The molecule has 1 atom stereocenters. The SMILES string of the molecule is CCCOc1c(Br)cc(C(=O)OC(C)C(=O)N2CC(=O)Nc3ccccc32)cc1OC. The van der Waals surface area contributed by atoms with Gasteiger partial charge in [-0.3, -0.25) is 14.5 Å². The van der Waals surface area contributed by atoms with Crippen molar-refractivity contribution in [2.45, 2.75) is 26.4 Å². The first-order valence-electron chi connectivity index (χ1n) is 9.77. The molecule has 0 saturated carbocycles. The number of hydrogen-bond acceptors (Lipinski definition) is 6. The normalized spacial score (nSPS) is 13.7. The fourth-order valence-electron chi connectivity index (χ4n) is 3.11. The largest absolute Gasteiger partial charge is 0.493 e. The molecule has 0 radical (unpaired) electrons. The Balaban J connectivity index is 1.77. The molecule has 0 bridgehead atoms. The van der Waals surface area contributed by atoms with Gasteiger partial charge in [0.05, 0.1) is 35.1 Å². The van der Waals surface area contributed by atoms with Crippen molar-refractivity contribution in [3.8, 4) is 11.5 Å². The van der Waals surface area contributed by atoms with E-state index in [4.69, 9.17) is 14.2 Å². The Bertz CT molecular complexity index is 1010. The van der Waals surface area contributed by atoms with E-state index >= 15 is 0 Å². The van der Waals surface area contributed by atoms with Crippen molar-refractivity contribution in [2.75, 3.05) is 30.5 Å². The van der Waals surface area contributed by atoms with Gasteiger partial charge in [0.1, 0.15) is 6.54 Å². The van der Waals surface area contributed by atoms with Crippen molar-refractivity contribution in [1.29, 1.82) is 0 Å². The van der Waals surface area contributed by atoms with Crippen LogP contribution in [0.25, 0.3) is 0 Å². The molecule has 1 N–H and O–H groups in total. The van der Waals surface area contributed by atoms with Gasteiger partial charge in [-0.1, -0.05) is 19.1 Å². The maximum Gasteiger partial charge on any atom is 0.339 e. The molecule has 1 unspecified atom stereocenters. The first-order chi connectivity index (χ1) is 14.8. The molecule has 0 spiro atoms. The number of benzene rings is 2. The van der Waals surface area contributed by atoms with Crippen LogP contribution in [-0.2, 0) is 14.3 Å². The Kier molecular flexibility index (Phi) is 7.17. The molecule has 2 aromatic rings. The minimum absolute atomic E-state index is 0.152.